The van der Waals surface area contributed by atoms with Gasteiger partial charge >= 0.3 is 0 Å². The minimum atomic E-state index is -0.948. The van der Waals surface area contributed by atoms with E-state index in [9.17, 15) is 14.4 Å². The van der Waals surface area contributed by atoms with E-state index in [1.54, 1.807) is 24.3 Å². The molecule has 1 aliphatic carbocycles. The highest BCUT2D eigenvalue weighted by Gasteiger charge is 2.43. The molecule has 0 spiro atoms. The van der Waals surface area contributed by atoms with Crippen LogP contribution >= 0.6 is 11.6 Å². The van der Waals surface area contributed by atoms with Crippen LogP contribution in [0.15, 0.2) is 65.7 Å². The molecule has 4 rings (SSSR count). The molecule has 0 unspecified atom stereocenters. The minimum absolute atomic E-state index is 0.242. The van der Waals surface area contributed by atoms with Crippen molar-refractivity contribution in [2.45, 2.75) is 37.8 Å². The normalized spacial score (nSPS) is 19.6. The SMILES string of the molecule is O=C(N[C@H]1CCCC=C1Cl)[C@H](Cc1ccccc1)N1C(=O)c2ccccc2C1=O. The predicted octanol–water partition coefficient (Wildman–Crippen LogP) is 3.69. The molecule has 0 saturated carbocycles. The molecule has 3 amide bonds. The quantitative estimate of drug-likeness (QED) is 0.767. The zero-order valence-corrected chi connectivity index (χ0v) is 16.6. The molecule has 6 heteroatoms. The van der Waals surface area contributed by atoms with Gasteiger partial charge in [0.2, 0.25) is 5.91 Å². The fraction of sp³-hybridized carbons (Fsp3) is 0.261. The van der Waals surface area contributed by atoms with Gasteiger partial charge in [-0.2, -0.15) is 0 Å². The van der Waals surface area contributed by atoms with Gasteiger partial charge in [0.25, 0.3) is 11.8 Å². The number of halogens is 1. The standard InChI is InChI=1S/C23H21ClN2O3/c24-18-12-6-7-13-19(18)25-21(27)20(14-15-8-2-1-3-9-15)26-22(28)16-10-4-5-11-17(16)23(26)29/h1-5,8-12,19-20H,6-7,13-14H2,(H,25,27)/t19-,20-/m0/s1. The first-order valence-electron chi connectivity index (χ1n) is 9.73. The van der Waals surface area contributed by atoms with Crippen molar-refractivity contribution in [1.82, 2.24) is 10.2 Å². The smallest absolute Gasteiger partial charge is 0.262 e. The number of allylic oxidation sites excluding steroid dienone is 1. The van der Waals surface area contributed by atoms with E-state index in [2.05, 4.69) is 5.32 Å². The lowest BCUT2D eigenvalue weighted by molar-refractivity contribution is -0.125. The second-order valence-corrected chi connectivity index (χ2v) is 7.75. The highest BCUT2D eigenvalue weighted by molar-refractivity contribution is 6.30. The van der Waals surface area contributed by atoms with Crippen molar-refractivity contribution in [1.29, 1.82) is 0 Å². The molecule has 1 heterocycles. The Morgan fingerprint density at radius 3 is 2.28 bits per heavy atom. The van der Waals surface area contributed by atoms with E-state index in [0.717, 1.165) is 29.7 Å². The average molecular weight is 409 g/mol. The van der Waals surface area contributed by atoms with Gasteiger partial charge in [-0.05, 0) is 37.0 Å². The summed E-state index contributed by atoms with van der Waals surface area (Å²) in [6.45, 7) is 0. The maximum absolute atomic E-state index is 13.2. The first-order chi connectivity index (χ1) is 14.1. The lowest BCUT2D eigenvalue weighted by Crippen LogP contribution is -2.53. The van der Waals surface area contributed by atoms with Crippen LogP contribution in [-0.4, -0.2) is 34.7 Å². The molecule has 0 radical (unpaired) electrons. The Balaban J connectivity index is 1.65. The summed E-state index contributed by atoms with van der Waals surface area (Å²) in [6, 6.07) is 14.8. The maximum atomic E-state index is 13.2. The molecule has 1 aliphatic heterocycles. The van der Waals surface area contributed by atoms with E-state index in [-0.39, 0.29) is 18.4 Å². The van der Waals surface area contributed by atoms with Gasteiger partial charge in [-0.15, -0.1) is 0 Å². The van der Waals surface area contributed by atoms with Crippen LogP contribution in [0.5, 0.6) is 0 Å². The zero-order valence-electron chi connectivity index (χ0n) is 15.8. The number of nitrogens with one attached hydrogen (secondary N) is 1. The summed E-state index contributed by atoms with van der Waals surface area (Å²) < 4.78 is 0. The predicted molar refractivity (Wildman–Crippen MR) is 111 cm³/mol. The maximum Gasteiger partial charge on any atom is 0.262 e. The number of fused-ring (bicyclic) bond motifs is 1. The highest BCUT2D eigenvalue weighted by Crippen LogP contribution is 2.27. The average Bonchev–Trinajstić information content (AvgIpc) is 2.99. The molecule has 2 aromatic carbocycles. The molecule has 0 fully saturated rings. The van der Waals surface area contributed by atoms with Crippen molar-refractivity contribution in [3.8, 4) is 0 Å². The summed E-state index contributed by atoms with van der Waals surface area (Å²) in [5.41, 5.74) is 1.53. The molecular weight excluding hydrogens is 388 g/mol. The van der Waals surface area contributed by atoms with Crippen LogP contribution < -0.4 is 5.32 Å². The third kappa shape index (κ3) is 3.83. The number of benzene rings is 2. The second kappa shape index (κ2) is 8.21. The van der Waals surface area contributed by atoms with Crippen molar-refractivity contribution in [3.05, 3.63) is 82.4 Å². The molecular formula is C23H21ClN2O3. The van der Waals surface area contributed by atoms with Crippen LogP contribution in [0, 0.1) is 0 Å². The van der Waals surface area contributed by atoms with E-state index in [0.29, 0.717) is 16.2 Å². The molecule has 2 aliphatic rings. The third-order valence-corrected chi connectivity index (χ3v) is 5.82. The van der Waals surface area contributed by atoms with Gasteiger partial charge in [0.15, 0.2) is 0 Å². The summed E-state index contributed by atoms with van der Waals surface area (Å²) in [5.74, 6) is -1.25. The van der Waals surface area contributed by atoms with E-state index in [1.807, 2.05) is 36.4 Å². The number of carbonyl (C=O) groups is 3. The summed E-state index contributed by atoms with van der Waals surface area (Å²) >= 11 is 6.28. The molecule has 2 aromatic rings. The van der Waals surface area contributed by atoms with Gasteiger partial charge in [-0.1, -0.05) is 60.1 Å². The van der Waals surface area contributed by atoms with Crippen LogP contribution in [0.25, 0.3) is 0 Å². The van der Waals surface area contributed by atoms with Gasteiger partial charge in [0.1, 0.15) is 6.04 Å². The Kier molecular flexibility index (Phi) is 5.49. The molecule has 2 atom stereocenters. The number of carbonyl (C=O) groups excluding carboxylic acids is 3. The van der Waals surface area contributed by atoms with E-state index in [4.69, 9.17) is 11.6 Å². The Hall–Kier alpha value is -2.92. The van der Waals surface area contributed by atoms with Gasteiger partial charge in [-0.3, -0.25) is 19.3 Å². The number of amides is 3. The number of hydrogen-bond acceptors (Lipinski definition) is 3. The topological polar surface area (TPSA) is 66.5 Å². The van der Waals surface area contributed by atoms with Crippen molar-refractivity contribution in [2.75, 3.05) is 0 Å². The number of hydrogen-bond donors (Lipinski definition) is 1. The minimum Gasteiger partial charge on any atom is -0.347 e. The molecule has 0 aromatic heterocycles. The molecule has 0 saturated heterocycles. The number of nitrogens with zero attached hydrogens (tertiary/aromatic N) is 1. The Bertz CT molecular complexity index is 952. The van der Waals surface area contributed by atoms with Crippen LogP contribution in [0.4, 0.5) is 0 Å². The van der Waals surface area contributed by atoms with Crippen molar-refractivity contribution in [2.24, 2.45) is 0 Å². The molecule has 5 nitrogen and oxygen atoms in total. The number of imide groups is 1. The fourth-order valence-corrected chi connectivity index (χ4v) is 4.15. The Labute approximate surface area is 174 Å². The van der Waals surface area contributed by atoms with Crippen LogP contribution in [0.1, 0.15) is 45.5 Å². The third-order valence-electron chi connectivity index (χ3n) is 5.40. The van der Waals surface area contributed by atoms with Gasteiger partial charge < -0.3 is 5.32 Å². The van der Waals surface area contributed by atoms with Gasteiger partial charge in [-0.25, -0.2) is 0 Å². The van der Waals surface area contributed by atoms with E-state index in [1.165, 1.54) is 0 Å². The van der Waals surface area contributed by atoms with Crippen LogP contribution in [-0.2, 0) is 11.2 Å². The van der Waals surface area contributed by atoms with Crippen molar-refractivity contribution >= 4 is 29.3 Å². The Morgan fingerprint density at radius 2 is 1.66 bits per heavy atom. The summed E-state index contributed by atoms with van der Waals surface area (Å²) in [5, 5.41) is 3.55. The van der Waals surface area contributed by atoms with Crippen molar-refractivity contribution in [3.63, 3.8) is 0 Å². The molecule has 1 N–H and O–H groups in total. The Morgan fingerprint density at radius 1 is 1.03 bits per heavy atom. The molecule has 29 heavy (non-hydrogen) atoms. The first-order valence-corrected chi connectivity index (χ1v) is 10.1. The highest BCUT2D eigenvalue weighted by atomic mass is 35.5. The first kappa shape index (κ1) is 19.4. The van der Waals surface area contributed by atoms with E-state index < -0.39 is 17.9 Å². The zero-order chi connectivity index (χ0) is 20.4. The van der Waals surface area contributed by atoms with Crippen LogP contribution in [0.3, 0.4) is 0 Å². The van der Waals surface area contributed by atoms with Crippen molar-refractivity contribution < 1.29 is 14.4 Å². The van der Waals surface area contributed by atoms with E-state index >= 15 is 0 Å². The van der Waals surface area contributed by atoms with Gasteiger partial charge in [0.05, 0.1) is 17.2 Å². The summed E-state index contributed by atoms with van der Waals surface area (Å²) in [4.78, 5) is 40.3. The summed E-state index contributed by atoms with van der Waals surface area (Å²) in [6.07, 6.45) is 4.70. The lowest BCUT2D eigenvalue weighted by atomic mass is 10.00. The summed E-state index contributed by atoms with van der Waals surface area (Å²) in [7, 11) is 0. The van der Waals surface area contributed by atoms with Crippen LogP contribution in [0.2, 0.25) is 0 Å². The molecule has 148 valence electrons. The largest absolute Gasteiger partial charge is 0.347 e. The molecule has 0 bridgehead atoms. The number of rotatable bonds is 5. The second-order valence-electron chi connectivity index (χ2n) is 7.31. The monoisotopic (exact) mass is 408 g/mol. The fourth-order valence-electron chi connectivity index (χ4n) is 3.88. The van der Waals surface area contributed by atoms with Gasteiger partial charge in [0, 0.05) is 11.5 Å². The lowest BCUT2D eigenvalue weighted by Gasteiger charge is -2.29.